The standard InChI is InChI=1S/C12H11BrO5/c1-17-10-3-6(11(14)15)2-9-8(10)4-7(5-13)18-12(9)16/h2-3,7H,4-5H2,1H3,(H,14,15). The summed E-state index contributed by atoms with van der Waals surface area (Å²) in [5, 5.41) is 9.51. The molecule has 2 rings (SSSR count). The molecule has 1 N–H and O–H groups in total. The zero-order chi connectivity index (χ0) is 13.3. The molecule has 1 aliphatic heterocycles. The third kappa shape index (κ3) is 2.20. The van der Waals surface area contributed by atoms with Gasteiger partial charge >= 0.3 is 11.9 Å². The molecule has 1 aromatic rings. The van der Waals surface area contributed by atoms with E-state index in [2.05, 4.69) is 15.9 Å². The van der Waals surface area contributed by atoms with E-state index in [-0.39, 0.29) is 17.2 Å². The number of hydrogen-bond acceptors (Lipinski definition) is 4. The number of aromatic carboxylic acids is 1. The molecule has 18 heavy (non-hydrogen) atoms. The lowest BCUT2D eigenvalue weighted by Crippen LogP contribution is -2.29. The van der Waals surface area contributed by atoms with Gasteiger partial charge < -0.3 is 14.6 Å². The van der Waals surface area contributed by atoms with Crippen LogP contribution in [0.25, 0.3) is 0 Å². The van der Waals surface area contributed by atoms with Crippen molar-refractivity contribution in [2.75, 3.05) is 12.4 Å². The SMILES string of the molecule is COc1cc(C(=O)O)cc2c1CC(CBr)OC2=O. The highest BCUT2D eigenvalue weighted by Gasteiger charge is 2.29. The maximum atomic E-state index is 11.8. The average Bonchev–Trinajstić information content (AvgIpc) is 2.37. The Balaban J connectivity index is 2.55. The zero-order valence-corrected chi connectivity index (χ0v) is 11.2. The molecular weight excluding hydrogens is 304 g/mol. The van der Waals surface area contributed by atoms with Gasteiger partial charge in [0.05, 0.1) is 18.2 Å². The van der Waals surface area contributed by atoms with Crippen molar-refractivity contribution < 1.29 is 24.2 Å². The number of cyclic esters (lactones) is 1. The van der Waals surface area contributed by atoms with Crippen molar-refractivity contribution in [1.82, 2.24) is 0 Å². The number of carbonyl (C=O) groups excluding carboxylic acids is 1. The van der Waals surface area contributed by atoms with Gasteiger partial charge in [0.15, 0.2) is 0 Å². The van der Waals surface area contributed by atoms with Gasteiger partial charge in [0, 0.05) is 17.3 Å². The van der Waals surface area contributed by atoms with Gasteiger partial charge in [0.1, 0.15) is 11.9 Å². The first kappa shape index (κ1) is 12.9. The topological polar surface area (TPSA) is 72.8 Å². The fourth-order valence-corrected chi connectivity index (χ4v) is 2.27. The second kappa shape index (κ2) is 4.97. The van der Waals surface area contributed by atoms with Gasteiger partial charge in [0.25, 0.3) is 0 Å². The van der Waals surface area contributed by atoms with Crippen LogP contribution < -0.4 is 4.74 Å². The lowest BCUT2D eigenvalue weighted by atomic mass is 9.95. The van der Waals surface area contributed by atoms with E-state index in [1.165, 1.54) is 19.2 Å². The van der Waals surface area contributed by atoms with E-state index in [9.17, 15) is 9.59 Å². The molecule has 0 aromatic heterocycles. The summed E-state index contributed by atoms with van der Waals surface area (Å²) in [6.07, 6.45) is 0.254. The Morgan fingerprint density at radius 1 is 1.61 bits per heavy atom. The number of alkyl halides is 1. The summed E-state index contributed by atoms with van der Waals surface area (Å²) in [6.45, 7) is 0. The minimum atomic E-state index is -1.11. The van der Waals surface area contributed by atoms with Gasteiger partial charge in [-0.2, -0.15) is 0 Å². The number of carboxylic acids is 1. The van der Waals surface area contributed by atoms with Crippen molar-refractivity contribution >= 4 is 27.9 Å². The number of methoxy groups -OCH3 is 1. The number of rotatable bonds is 3. The highest BCUT2D eigenvalue weighted by atomic mass is 79.9. The van der Waals surface area contributed by atoms with Crippen LogP contribution in [0.5, 0.6) is 5.75 Å². The Kier molecular flexibility index (Phi) is 3.56. The highest BCUT2D eigenvalue weighted by Crippen LogP contribution is 2.31. The average molecular weight is 315 g/mol. The monoisotopic (exact) mass is 314 g/mol. The van der Waals surface area contributed by atoms with E-state index >= 15 is 0 Å². The Morgan fingerprint density at radius 2 is 2.33 bits per heavy atom. The molecule has 0 amide bonds. The second-order valence-electron chi connectivity index (χ2n) is 3.90. The molecule has 0 saturated heterocycles. The first-order valence-corrected chi connectivity index (χ1v) is 6.40. The van der Waals surface area contributed by atoms with Crippen LogP contribution >= 0.6 is 15.9 Å². The summed E-state index contributed by atoms with van der Waals surface area (Å²) in [5.41, 5.74) is 0.979. The summed E-state index contributed by atoms with van der Waals surface area (Å²) in [6, 6.07) is 2.75. The minimum Gasteiger partial charge on any atom is -0.496 e. The molecule has 1 heterocycles. The maximum absolute atomic E-state index is 11.8. The molecule has 0 saturated carbocycles. The van der Waals surface area contributed by atoms with Crippen molar-refractivity contribution in [2.45, 2.75) is 12.5 Å². The molecule has 6 heteroatoms. The second-order valence-corrected chi connectivity index (χ2v) is 4.54. The fourth-order valence-electron chi connectivity index (χ4n) is 1.91. The van der Waals surface area contributed by atoms with E-state index in [1.54, 1.807) is 0 Å². The molecule has 1 unspecified atom stereocenters. The number of hydrogen-bond donors (Lipinski definition) is 1. The minimum absolute atomic E-state index is 0.0137. The van der Waals surface area contributed by atoms with Crippen molar-refractivity contribution in [2.24, 2.45) is 0 Å². The van der Waals surface area contributed by atoms with E-state index < -0.39 is 11.9 Å². The first-order valence-electron chi connectivity index (χ1n) is 5.28. The summed E-state index contributed by atoms with van der Waals surface area (Å²) in [7, 11) is 1.45. The van der Waals surface area contributed by atoms with Crippen LogP contribution in [0.15, 0.2) is 12.1 Å². The third-order valence-corrected chi connectivity index (χ3v) is 3.50. The van der Waals surface area contributed by atoms with Crippen LogP contribution in [0.2, 0.25) is 0 Å². The molecule has 0 aliphatic carbocycles. The Morgan fingerprint density at radius 3 is 2.89 bits per heavy atom. The molecule has 1 aliphatic rings. The Labute approximate surface area is 112 Å². The van der Waals surface area contributed by atoms with Crippen LogP contribution in [-0.2, 0) is 11.2 Å². The lowest BCUT2D eigenvalue weighted by Gasteiger charge is -2.25. The van der Waals surface area contributed by atoms with Gasteiger partial charge in [-0.1, -0.05) is 15.9 Å². The highest BCUT2D eigenvalue weighted by molar-refractivity contribution is 9.09. The molecule has 1 aromatic carbocycles. The van der Waals surface area contributed by atoms with Crippen molar-refractivity contribution in [3.63, 3.8) is 0 Å². The van der Waals surface area contributed by atoms with Crippen molar-refractivity contribution in [1.29, 1.82) is 0 Å². The van der Waals surface area contributed by atoms with Crippen molar-refractivity contribution in [3.8, 4) is 5.75 Å². The maximum Gasteiger partial charge on any atom is 0.338 e. The normalized spacial score (nSPS) is 17.9. The summed E-state index contributed by atoms with van der Waals surface area (Å²) in [4.78, 5) is 22.8. The summed E-state index contributed by atoms with van der Waals surface area (Å²) < 4.78 is 10.3. The molecule has 0 radical (unpaired) electrons. The van der Waals surface area contributed by atoms with Crippen molar-refractivity contribution in [3.05, 3.63) is 28.8 Å². The number of halogens is 1. The molecule has 5 nitrogen and oxygen atoms in total. The molecule has 0 fully saturated rings. The Bertz CT molecular complexity index is 511. The number of fused-ring (bicyclic) bond motifs is 1. The third-order valence-electron chi connectivity index (χ3n) is 2.77. The van der Waals surface area contributed by atoms with Crippen LogP contribution in [0.4, 0.5) is 0 Å². The number of benzene rings is 1. The number of carbonyl (C=O) groups is 2. The van der Waals surface area contributed by atoms with E-state index in [0.717, 1.165) is 0 Å². The summed E-state index contributed by atoms with van der Waals surface area (Å²) in [5.74, 6) is -1.21. The number of carboxylic acid groups (broad SMARTS) is 1. The van der Waals surface area contributed by atoms with Gasteiger partial charge in [-0.15, -0.1) is 0 Å². The predicted octanol–water partition coefficient (Wildman–Crippen LogP) is 1.87. The van der Waals surface area contributed by atoms with Gasteiger partial charge in [-0.05, 0) is 12.1 Å². The molecule has 0 bridgehead atoms. The Hall–Kier alpha value is -1.56. The first-order chi connectivity index (χ1) is 8.56. The van der Waals surface area contributed by atoms with Gasteiger partial charge in [-0.3, -0.25) is 0 Å². The van der Waals surface area contributed by atoms with E-state index in [1.807, 2.05) is 0 Å². The smallest absolute Gasteiger partial charge is 0.338 e. The number of esters is 1. The van der Waals surface area contributed by atoms with Crippen LogP contribution in [-0.4, -0.2) is 35.6 Å². The van der Waals surface area contributed by atoms with Crippen LogP contribution in [0.1, 0.15) is 26.3 Å². The molecule has 1 atom stereocenters. The zero-order valence-electron chi connectivity index (χ0n) is 9.60. The van der Waals surface area contributed by atoms with Gasteiger partial charge in [0.2, 0.25) is 0 Å². The molecule has 96 valence electrons. The summed E-state index contributed by atoms with van der Waals surface area (Å²) >= 11 is 3.26. The van der Waals surface area contributed by atoms with Gasteiger partial charge in [-0.25, -0.2) is 9.59 Å². The molecular formula is C12H11BrO5. The largest absolute Gasteiger partial charge is 0.496 e. The molecule has 0 spiro atoms. The van der Waals surface area contributed by atoms with E-state index in [4.69, 9.17) is 14.6 Å². The fraction of sp³-hybridized carbons (Fsp3) is 0.333. The number of ether oxygens (including phenoxy) is 2. The quantitative estimate of drug-likeness (QED) is 0.681. The van der Waals surface area contributed by atoms with Crippen LogP contribution in [0.3, 0.4) is 0 Å². The van der Waals surface area contributed by atoms with Crippen LogP contribution in [0, 0.1) is 0 Å². The van der Waals surface area contributed by atoms with E-state index in [0.29, 0.717) is 23.1 Å². The predicted molar refractivity (Wildman–Crippen MR) is 66.7 cm³/mol. The lowest BCUT2D eigenvalue weighted by molar-refractivity contribution is 0.0311.